The molecular formula is C18H29NO. The second kappa shape index (κ2) is 5.77. The number of benzene rings is 1. The van der Waals surface area contributed by atoms with Crippen LogP contribution >= 0.6 is 0 Å². The molecule has 1 aromatic carbocycles. The third-order valence-corrected chi connectivity index (χ3v) is 4.06. The Bertz CT molecular complexity index is 445. The van der Waals surface area contributed by atoms with Crippen LogP contribution in [0.2, 0.25) is 0 Å². The van der Waals surface area contributed by atoms with E-state index in [1.807, 2.05) is 6.07 Å². The Morgan fingerprint density at radius 3 is 2.65 bits per heavy atom. The van der Waals surface area contributed by atoms with Crippen molar-refractivity contribution in [2.75, 3.05) is 13.2 Å². The molecule has 1 aliphatic rings. The average molecular weight is 275 g/mol. The molecule has 0 spiro atoms. The first kappa shape index (κ1) is 15.4. The first-order valence-corrected chi connectivity index (χ1v) is 7.75. The lowest BCUT2D eigenvalue weighted by atomic mass is 9.79. The van der Waals surface area contributed by atoms with E-state index in [0.29, 0.717) is 11.5 Å². The van der Waals surface area contributed by atoms with Crippen LogP contribution in [0.15, 0.2) is 24.3 Å². The number of rotatable bonds is 4. The molecular weight excluding hydrogens is 246 g/mol. The normalized spacial score (nSPS) is 21.1. The predicted octanol–water partition coefficient (Wildman–Crippen LogP) is 4.56. The van der Waals surface area contributed by atoms with E-state index in [1.54, 1.807) is 0 Å². The summed E-state index contributed by atoms with van der Waals surface area (Å²) in [4.78, 5) is 0. The first-order valence-electron chi connectivity index (χ1n) is 7.75. The van der Waals surface area contributed by atoms with E-state index in [9.17, 15) is 0 Å². The minimum atomic E-state index is 0.135. The smallest absolute Gasteiger partial charge is 0.124 e. The van der Waals surface area contributed by atoms with Gasteiger partial charge in [-0.15, -0.1) is 0 Å². The molecule has 0 fully saturated rings. The molecule has 1 atom stereocenters. The highest BCUT2D eigenvalue weighted by Gasteiger charge is 2.36. The maximum atomic E-state index is 5.89. The van der Waals surface area contributed by atoms with Gasteiger partial charge in [-0.1, -0.05) is 52.8 Å². The van der Waals surface area contributed by atoms with Crippen LogP contribution in [0.5, 0.6) is 5.75 Å². The first-order chi connectivity index (χ1) is 9.30. The zero-order chi connectivity index (χ0) is 14.8. The van der Waals surface area contributed by atoms with Gasteiger partial charge in [0.25, 0.3) is 0 Å². The van der Waals surface area contributed by atoms with Crippen LogP contribution in [0.1, 0.15) is 59.1 Å². The molecule has 0 aromatic heterocycles. The summed E-state index contributed by atoms with van der Waals surface area (Å²) in [6.45, 7) is 13.3. The summed E-state index contributed by atoms with van der Waals surface area (Å²) in [7, 11) is 0. The van der Waals surface area contributed by atoms with Crippen LogP contribution in [-0.4, -0.2) is 13.2 Å². The quantitative estimate of drug-likeness (QED) is 0.813. The number of hydrogen-bond donors (Lipinski definition) is 1. The van der Waals surface area contributed by atoms with Crippen molar-refractivity contribution in [3.05, 3.63) is 29.8 Å². The lowest BCUT2D eigenvalue weighted by molar-refractivity contribution is 0.103. The van der Waals surface area contributed by atoms with Gasteiger partial charge in [0, 0.05) is 17.0 Å². The van der Waals surface area contributed by atoms with E-state index in [1.165, 1.54) is 18.4 Å². The van der Waals surface area contributed by atoms with E-state index >= 15 is 0 Å². The van der Waals surface area contributed by atoms with Gasteiger partial charge in [-0.2, -0.15) is 0 Å². The van der Waals surface area contributed by atoms with Gasteiger partial charge in [0.1, 0.15) is 5.75 Å². The fourth-order valence-corrected chi connectivity index (χ4v) is 2.87. The van der Waals surface area contributed by atoms with Crippen LogP contribution in [-0.2, 0) is 0 Å². The third-order valence-electron chi connectivity index (χ3n) is 4.06. The molecule has 1 N–H and O–H groups in total. The number of fused-ring (bicyclic) bond motifs is 1. The third kappa shape index (κ3) is 3.76. The Labute approximate surface area is 123 Å². The summed E-state index contributed by atoms with van der Waals surface area (Å²) in [5.74, 6) is 1.04. The predicted molar refractivity (Wildman–Crippen MR) is 85.2 cm³/mol. The molecule has 2 nitrogen and oxygen atoms in total. The Hall–Kier alpha value is -1.02. The van der Waals surface area contributed by atoms with Gasteiger partial charge >= 0.3 is 0 Å². The lowest BCUT2D eigenvalue weighted by Crippen LogP contribution is -2.42. The monoisotopic (exact) mass is 275 g/mol. The summed E-state index contributed by atoms with van der Waals surface area (Å²) in [6.07, 6.45) is 2.48. The Balaban J connectivity index is 2.01. The van der Waals surface area contributed by atoms with Gasteiger partial charge in [-0.3, -0.25) is 0 Å². The Morgan fingerprint density at radius 2 is 1.95 bits per heavy atom. The van der Waals surface area contributed by atoms with Gasteiger partial charge in [-0.05, 0) is 30.9 Å². The maximum Gasteiger partial charge on any atom is 0.124 e. The molecule has 2 rings (SSSR count). The van der Waals surface area contributed by atoms with Crippen molar-refractivity contribution in [3.63, 3.8) is 0 Å². The lowest BCUT2D eigenvalue weighted by Gasteiger charge is -2.40. The fraction of sp³-hybridized carbons (Fsp3) is 0.667. The van der Waals surface area contributed by atoms with Crippen molar-refractivity contribution in [3.8, 4) is 5.75 Å². The number of para-hydroxylation sites is 1. The number of hydrogen-bond acceptors (Lipinski definition) is 2. The van der Waals surface area contributed by atoms with E-state index in [0.717, 1.165) is 18.9 Å². The number of ether oxygens (including phenoxy) is 1. The van der Waals surface area contributed by atoms with E-state index in [-0.39, 0.29) is 5.41 Å². The van der Waals surface area contributed by atoms with Crippen molar-refractivity contribution >= 4 is 0 Å². The summed E-state index contributed by atoms with van der Waals surface area (Å²) in [5, 5.41) is 3.76. The van der Waals surface area contributed by atoms with Gasteiger partial charge in [0.2, 0.25) is 0 Å². The molecule has 0 saturated carbocycles. The summed E-state index contributed by atoms with van der Waals surface area (Å²) in [5.41, 5.74) is 1.86. The van der Waals surface area contributed by atoms with Crippen molar-refractivity contribution in [2.24, 2.45) is 10.8 Å². The summed E-state index contributed by atoms with van der Waals surface area (Å²) < 4.78 is 5.89. The van der Waals surface area contributed by atoms with Gasteiger partial charge in [-0.25, -0.2) is 0 Å². The highest BCUT2D eigenvalue weighted by molar-refractivity contribution is 5.38. The Kier molecular flexibility index (Phi) is 4.43. The molecule has 0 bridgehead atoms. The molecule has 0 amide bonds. The standard InChI is InChI=1S/C18H29NO/c1-17(2,3)11-8-12-19-16-14-9-6-7-10-15(14)20-13-18(16,4)5/h6-7,9-10,16,19H,8,11-13H2,1-5H3. The summed E-state index contributed by atoms with van der Waals surface area (Å²) in [6, 6.07) is 8.81. The Morgan fingerprint density at radius 1 is 1.25 bits per heavy atom. The second-order valence-electron chi connectivity index (χ2n) is 7.87. The molecule has 0 radical (unpaired) electrons. The van der Waals surface area contributed by atoms with Crippen LogP contribution < -0.4 is 10.1 Å². The largest absolute Gasteiger partial charge is 0.493 e. The topological polar surface area (TPSA) is 21.3 Å². The maximum absolute atomic E-state index is 5.89. The number of nitrogens with one attached hydrogen (secondary N) is 1. The molecule has 20 heavy (non-hydrogen) atoms. The van der Waals surface area contributed by atoms with Crippen LogP contribution in [0, 0.1) is 10.8 Å². The molecule has 0 aliphatic carbocycles. The zero-order valence-electron chi connectivity index (χ0n) is 13.6. The zero-order valence-corrected chi connectivity index (χ0v) is 13.6. The van der Waals surface area contributed by atoms with Crippen molar-refractivity contribution < 1.29 is 4.74 Å². The fourth-order valence-electron chi connectivity index (χ4n) is 2.87. The minimum absolute atomic E-state index is 0.135. The van der Waals surface area contributed by atoms with Crippen molar-refractivity contribution in [1.29, 1.82) is 0 Å². The molecule has 1 unspecified atom stereocenters. The molecule has 1 aromatic rings. The van der Waals surface area contributed by atoms with Crippen molar-refractivity contribution in [2.45, 2.75) is 53.5 Å². The highest BCUT2D eigenvalue weighted by atomic mass is 16.5. The second-order valence-corrected chi connectivity index (χ2v) is 7.87. The van der Waals surface area contributed by atoms with E-state index in [2.05, 4.69) is 58.1 Å². The van der Waals surface area contributed by atoms with Crippen LogP contribution in [0.4, 0.5) is 0 Å². The molecule has 0 saturated heterocycles. The van der Waals surface area contributed by atoms with Crippen molar-refractivity contribution in [1.82, 2.24) is 5.32 Å². The molecule has 112 valence electrons. The van der Waals surface area contributed by atoms with Gasteiger partial charge in [0.05, 0.1) is 6.61 Å². The van der Waals surface area contributed by atoms with E-state index in [4.69, 9.17) is 4.74 Å². The van der Waals surface area contributed by atoms with Gasteiger partial charge in [0.15, 0.2) is 0 Å². The van der Waals surface area contributed by atoms with Crippen LogP contribution in [0.25, 0.3) is 0 Å². The highest BCUT2D eigenvalue weighted by Crippen LogP contribution is 2.42. The van der Waals surface area contributed by atoms with Gasteiger partial charge < -0.3 is 10.1 Å². The average Bonchev–Trinajstić information content (AvgIpc) is 2.35. The molecule has 2 heteroatoms. The SMILES string of the molecule is CC(C)(C)CCCNC1c2ccccc2OCC1(C)C. The molecule has 1 heterocycles. The van der Waals surface area contributed by atoms with Crippen LogP contribution in [0.3, 0.4) is 0 Å². The molecule has 1 aliphatic heterocycles. The summed E-state index contributed by atoms with van der Waals surface area (Å²) >= 11 is 0. The minimum Gasteiger partial charge on any atom is -0.493 e. The van der Waals surface area contributed by atoms with E-state index < -0.39 is 0 Å².